The molecular weight excluding hydrogens is 259 g/mol. The van der Waals surface area contributed by atoms with Crippen LogP contribution in [-0.2, 0) is 4.79 Å². The van der Waals surface area contributed by atoms with Gasteiger partial charge in [0.25, 0.3) is 0 Å². The third-order valence-corrected chi connectivity index (χ3v) is 3.89. The number of nitrogens with zero attached hydrogens (tertiary/aromatic N) is 1. The molecule has 1 atom stereocenters. The normalized spacial score (nSPS) is 21.7. The van der Waals surface area contributed by atoms with Crippen LogP contribution in [-0.4, -0.2) is 40.8 Å². The Balaban J connectivity index is 2.64. The van der Waals surface area contributed by atoms with Crippen LogP contribution < -0.4 is 0 Å². The number of carboxylic acids is 1. The van der Waals surface area contributed by atoms with Gasteiger partial charge in [-0.2, -0.15) is 13.2 Å². The van der Waals surface area contributed by atoms with E-state index in [0.717, 1.165) is 25.7 Å². The van der Waals surface area contributed by atoms with E-state index in [1.165, 1.54) is 0 Å². The number of halogens is 3. The molecule has 1 saturated heterocycles. The first-order chi connectivity index (χ1) is 8.76. The maximum atomic E-state index is 12.2. The fraction of sp³-hybridized carbons (Fsp3) is 0.923. The Kier molecular flexibility index (Phi) is 5.64. The maximum absolute atomic E-state index is 12.2. The molecule has 1 aliphatic rings. The predicted octanol–water partition coefficient (Wildman–Crippen LogP) is 3.44. The van der Waals surface area contributed by atoms with E-state index in [2.05, 4.69) is 0 Å². The zero-order valence-corrected chi connectivity index (χ0v) is 11.3. The molecule has 6 heteroatoms. The third-order valence-electron chi connectivity index (χ3n) is 3.89. The number of carbonyl (C=O) groups is 1. The van der Waals surface area contributed by atoms with E-state index < -0.39 is 24.1 Å². The first-order valence-electron chi connectivity index (χ1n) is 6.81. The van der Waals surface area contributed by atoms with Crippen molar-refractivity contribution in [2.75, 3.05) is 13.1 Å². The third kappa shape index (κ3) is 5.01. The lowest BCUT2D eigenvalue weighted by Gasteiger charge is -2.37. The summed E-state index contributed by atoms with van der Waals surface area (Å²) in [7, 11) is 0. The van der Waals surface area contributed by atoms with Crippen molar-refractivity contribution in [3.05, 3.63) is 0 Å². The van der Waals surface area contributed by atoms with Crippen LogP contribution in [0, 0.1) is 0 Å². The van der Waals surface area contributed by atoms with Crippen molar-refractivity contribution in [3.8, 4) is 0 Å². The number of alkyl halides is 3. The van der Waals surface area contributed by atoms with Gasteiger partial charge in [-0.15, -0.1) is 0 Å². The van der Waals surface area contributed by atoms with E-state index in [1.807, 2.05) is 4.90 Å². The molecule has 0 aliphatic carbocycles. The van der Waals surface area contributed by atoms with Crippen LogP contribution in [0.1, 0.15) is 51.9 Å². The zero-order valence-electron chi connectivity index (χ0n) is 11.3. The second-order valence-corrected chi connectivity index (χ2v) is 5.45. The SMILES string of the molecule is CC(CCCC(F)(F)F)(C(=O)O)N1CCCCCC1. The fourth-order valence-corrected chi connectivity index (χ4v) is 2.60. The summed E-state index contributed by atoms with van der Waals surface area (Å²) in [6, 6.07) is 0. The van der Waals surface area contributed by atoms with Crippen molar-refractivity contribution in [3.63, 3.8) is 0 Å². The van der Waals surface area contributed by atoms with Gasteiger partial charge in [-0.05, 0) is 45.7 Å². The Morgan fingerprint density at radius 3 is 2.05 bits per heavy atom. The van der Waals surface area contributed by atoms with E-state index in [1.54, 1.807) is 6.92 Å². The highest BCUT2D eigenvalue weighted by atomic mass is 19.4. The van der Waals surface area contributed by atoms with Crippen LogP contribution >= 0.6 is 0 Å². The number of likely N-dealkylation sites (tertiary alicyclic amines) is 1. The van der Waals surface area contributed by atoms with Gasteiger partial charge in [0, 0.05) is 6.42 Å². The molecule has 0 aromatic rings. The summed E-state index contributed by atoms with van der Waals surface area (Å²) in [5.74, 6) is -1.02. The quantitative estimate of drug-likeness (QED) is 0.839. The van der Waals surface area contributed by atoms with Gasteiger partial charge in [0.2, 0.25) is 0 Å². The molecule has 0 spiro atoms. The Morgan fingerprint density at radius 2 is 1.63 bits per heavy atom. The Labute approximate surface area is 111 Å². The first-order valence-corrected chi connectivity index (χ1v) is 6.81. The second-order valence-electron chi connectivity index (χ2n) is 5.45. The van der Waals surface area contributed by atoms with E-state index in [0.29, 0.717) is 13.1 Å². The van der Waals surface area contributed by atoms with Crippen molar-refractivity contribution in [2.24, 2.45) is 0 Å². The zero-order chi connectivity index (χ0) is 14.5. The molecule has 1 unspecified atom stereocenters. The van der Waals surface area contributed by atoms with E-state index in [-0.39, 0.29) is 12.8 Å². The van der Waals surface area contributed by atoms with Crippen molar-refractivity contribution in [1.29, 1.82) is 0 Å². The summed E-state index contributed by atoms with van der Waals surface area (Å²) in [4.78, 5) is 13.3. The molecule has 19 heavy (non-hydrogen) atoms. The van der Waals surface area contributed by atoms with Crippen LogP contribution in [0.5, 0.6) is 0 Å². The van der Waals surface area contributed by atoms with Crippen LogP contribution in [0.3, 0.4) is 0 Å². The van der Waals surface area contributed by atoms with Crippen LogP contribution in [0.25, 0.3) is 0 Å². The van der Waals surface area contributed by atoms with E-state index in [9.17, 15) is 23.1 Å². The van der Waals surface area contributed by atoms with Crippen molar-refractivity contribution >= 4 is 5.97 Å². The molecular formula is C13H22F3NO2. The number of aliphatic carboxylic acids is 1. The van der Waals surface area contributed by atoms with E-state index in [4.69, 9.17) is 0 Å². The Bertz CT molecular complexity index is 299. The maximum Gasteiger partial charge on any atom is 0.389 e. The van der Waals surface area contributed by atoms with Gasteiger partial charge in [-0.25, -0.2) is 0 Å². The molecule has 1 N–H and O–H groups in total. The monoisotopic (exact) mass is 281 g/mol. The minimum atomic E-state index is -4.21. The molecule has 1 heterocycles. The van der Waals surface area contributed by atoms with E-state index >= 15 is 0 Å². The van der Waals surface area contributed by atoms with Gasteiger partial charge in [-0.3, -0.25) is 9.69 Å². The standard InChI is InChI=1S/C13H22F3NO2/c1-12(11(18)19,7-6-8-13(14,15)16)17-9-4-2-3-5-10-17/h2-10H2,1H3,(H,18,19). The minimum absolute atomic E-state index is 0.0435. The molecule has 0 saturated carbocycles. The topological polar surface area (TPSA) is 40.5 Å². The van der Waals surface area contributed by atoms with Crippen LogP contribution in [0.4, 0.5) is 13.2 Å². The lowest BCUT2D eigenvalue weighted by Crippen LogP contribution is -2.52. The summed E-state index contributed by atoms with van der Waals surface area (Å²) in [6.45, 7) is 2.88. The second kappa shape index (κ2) is 6.59. The van der Waals surface area contributed by atoms with Gasteiger partial charge < -0.3 is 5.11 Å². The van der Waals surface area contributed by atoms with Gasteiger partial charge in [0.1, 0.15) is 5.54 Å². The first kappa shape index (κ1) is 16.3. The van der Waals surface area contributed by atoms with Crippen molar-refractivity contribution in [2.45, 2.75) is 63.6 Å². The van der Waals surface area contributed by atoms with Crippen LogP contribution in [0.2, 0.25) is 0 Å². The number of hydrogen-bond donors (Lipinski definition) is 1. The average molecular weight is 281 g/mol. The highest BCUT2D eigenvalue weighted by Gasteiger charge is 2.40. The largest absolute Gasteiger partial charge is 0.480 e. The summed E-state index contributed by atoms with van der Waals surface area (Å²) in [5.41, 5.74) is -1.17. The molecule has 112 valence electrons. The molecule has 1 fully saturated rings. The summed E-state index contributed by atoms with van der Waals surface area (Å²) in [6.07, 6.45) is -1.25. The molecule has 1 rings (SSSR count). The number of carboxylic acid groups (broad SMARTS) is 1. The molecule has 0 bridgehead atoms. The summed E-state index contributed by atoms with van der Waals surface area (Å²) in [5, 5.41) is 9.38. The minimum Gasteiger partial charge on any atom is -0.480 e. The van der Waals surface area contributed by atoms with Crippen molar-refractivity contribution in [1.82, 2.24) is 4.90 Å². The van der Waals surface area contributed by atoms with Gasteiger partial charge in [0.05, 0.1) is 0 Å². The molecule has 1 aliphatic heterocycles. The predicted molar refractivity (Wildman–Crippen MR) is 66.0 cm³/mol. The molecule has 0 radical (unpaired) electrons. The summed E-state index contributed by atoms with van der Waals surface area (Å²) >= 11 is 0. The summed E-state index contributed by atoms with van der Waals surface area (Å²) < 4.78 is 36.5. The lowest BCUT2D eigenvalue weighted by molar-refractivity contribution is -0.154. The molecule has 0 aromatic heterocycles. The highest BCUT2D eigenvalue weighted by molar-refractivity contribution is 5.78. The Morgan fingerprint density at radius 1 is 1.11 bits per heavy atom. The van der Waals surface area contributed by atoms with Crippen LogP contribution in [0.15, 0.2) is 0 Å². The Hall–Kier alpha value is -0.780. The van der Waals surface area contributed by atoms with Crippen molar-refractivity contribution < 1.29 is 23.1 Å². The molecule has 0 aromatic carbocycles. The molecule has 0 amide bonds. The average Bonchev–Trinajstić information content (AvgIpc) is 2.55. The van der Waals surface area contributed by atoms with Gasteiger partial charge in [0.15, 0.2) is 0 Å². The van der Waals surface area contributed by atoms with Gasteiger partial charge >= 0.3 is 12.1 Å². The van der Waals surface area contributed by atoms with Gasteiger partial charge in [-0.1, -0.05) is 12.8 Å². The smallest absolute Gasteiger partial charge is 0.389 e. The fourth-order valence-electron chi connectivity index (χ4n) is 2.60. The number of hydrogen-bond acceptors (Lipinski definition) is 2. The lowest BCUT2D eigenvalue weighted by atomic mass is 9.92. The highest BCUT2D eigenvalue weighted by Crippen LogP contribution is 2.29. The molecule has 3 nitrogen and oxygen atoms in total. The number of rotatable bonds is 5.